The Labute approximate surface area is 119 Å². The standard InChI is InChI=1S/C16H12F2OS/c17-11-5-10(6-12(18)8-11)7-15(19)14-9-20-16-4-2-1-3-13(14)16/h1-6,8-9,15,19H,7H2. The van der Waals surface area contributed by atoms with E-state index in [9.17, 15) is 13.9 Å². The smallest absolute Gasteiger partial charge is 0.126 e. The minimum atomic E-state index is -0.771. The van der Waals surface area contributed by atoms with Crippen molar-refractivity contribution in [3.05, 3.63) is 70.6 Å². The molecule has 0 amide bonds. The normalized spacial score (nSPS) is 12.8. The lowest BCUT2D eigenvalue weighted by molar-refractivity contribution is 0.180. The van der Waals surface area contributed by atoms with Crippen LogP contribution in [0, 0.1) is 11.6 Å². The second kappa shape index (κ2) is 5.31. The molecule has 0 aliphatic rings. The van der Waals surface area contributed by atoms with Gasteiger partial charge in [0.1, 0.15) is 11.6 Å². The molecule has 1 nitrogen and oxygen atoms in total. The Morgan fingerprint density at radius 3 is 2.50 bits per heavy atom. The van der Waals surface area contributed by atoms with Gasteiger partial charge in [0.05, 0.1) is 6.10 Å². The summed E-state index contributed by atoms with van der Waals surface area (Å²) >= 11 is 1.55. The average Bonchev–Trinajstić information content (AvgIpc) is 2.81. The van der Waals surface area contributed by atoms with Gasteiger partial charge in [-0.05, 0) is 40.1 Å². The molecule has 1 N–H and O–H groups in total. The predicted molar refractivity (Wildman–Crippen MR) is 76.8 cm³/mol. The first-order valence-electron chi connectivity index (χ1n) is 6.22. The predicted octanol–water partition coefficient (Wildman–Crippen LogP) is 4.46. The van der Waals surface area contributed by atoms with Crippen LogP contribution in [0.2, 0.25) is 0 Å². The lowest BCUT2D eigenvalue weighted by Gasteiger charge is -2.10. The summed E-state index contributed by atoms with van der Waals surface area (Å²) in [6.45, 7) is 0. The summed E-state index contributed by atoms with van der Waals surface area (Å²) in [7, 11) is 0. The molecular weight excluding hydrogens is 278 g/mol. The van der Waals surface area contributed by atoms with E-state index in [1.807, 2.05) is 29.6 Å². The van der Waals surface area contributed by atoms with Crippen molar-refractivity contribution in [2.24, 2.45) is 0 Å². The van der Waals surface area contributed by atoms with E-state index >= 15 is 0 Å². The van der Waals surface area contributed by atoms with Crippen LogP contribution in [0.3, 0.4) is 0 Å². The van der Waals surface area contributed by atoms with Gasteiger partial charge in [0.25, 0.3) is 0 Å². The zero-order chi connectivity index (χ0) is 14.1. The van der Waals surface area contributed by atoms with E-state index in [-0.39, 0.29) is 6.42 Å². The average molecular weight is 290 g/mol. The largest absolute Gasteiger partial charge is 0.388 e. The number of halogens is 2. The molecule has 1 unspecified atom stereocenters. The van der Waals surface area contributed by atoms with Gasteiger partial charge in [0.2, 0.25) is 0 Å². The fourth-order valence-electron chi connectivity index (χ4n) is 2.32. The molecule has 102 valence electrons. The van der Waals surface area contributed by atoms with Crippen molar-refractivity contribution in [1.29, 1.82) is 0 Å². The highest BCUT2D eigenvalue weighted by Gasteiger charge is 2.14. The maximum Gasteiger partial charge on any atom is 0.126 e. The molecule has 0 spiro atoms. The second-order valence-corrected chi connectivity index (χ2v) is 5.60. The van der Waals surface area contributed by atoms with Gasteiger partial charge in [-0.1, -0.05) is 18.2 Å². The fourth-order valence-corrected chi connectivity index (χ4v) is 3.33. The van der Waals surface area contributed by atoms with Crippen LogP contribution in [0.15, 0.2) is 47.8 Å². The van der Waals surface area contributed by atoms with E-state index in [0.717, 1.165) is 21.7 Å². The van der Waals surface area contributed by atoms with Crippen LogP contribution >= 0.6 is 11.3 Å². The summed E-state index contributed by atoms with van der Waals surface area (Å²) in [5, 5.41) is 13.2. The van der Waals surface area contributed by atoms with Crippen molar-refractivity contribution in [2.45, 2.75) is 12.5 Å². The van der Waals surface area contributed by atoms with Crippen molar-refractivity contribution in [3.8, 4) is 0 Å². The maximum absolute atomic E-state index is 13.2. The first-order chi connectivity index (χ1) is 9.63. The van der Waals surface area contributed by atoms with E-state index in [0.29, 0.717) is 5.56 Å². The van der Waals surface area contributed by atoms with Crippen molar-refractivity contribution < 1.29 is 13.9 Å². The molecule has 2 aromatic carbocycles. The van der Waals surface area contributed by atoms with Crippen LogP contribution in [0.25, 0.3) is 10.1 Å². The van der Waals surface area contributed by atoms with Crippen LogP contribution in [0.4, 0.5) is 8.78 Å². The first kappa shape index (κ1) is 13.2. The summed E-state index contributed by atoms with van der Waals surface area (Å²) in [4.78, 5) is 0. The third-order valence-electron chi connectivity index (χ3n) is 3.22. The molecule has 0 saturated carbocycles. The van der Waals surface area contributed by atoms with Gasteiger partial charge in [-0.3, -0.25) is 0 Å². The zero-order valence-corrected chi connectivity index (χ0v) is 11.3. The first-order valence-corrected chi connectivity index (χ1v) is 7.10. The topological polar surface area (TPSA) is 20.2 Å². The van der Waals surface area contributed by atoms with E-state index in [1.54, 1.807) is 11.3 Å². The van der Waals surface area contributed by atoms with E-state index in [4.69, 9.17) is 0 Å². The molecular formula is C16H12F2OS. The van der Waals surface area contributed by atoms with Crippen LogP contribution < -0.4 is 0 Å². The molecule has 1 atom stereocenters. The second-order valence-electron chi connectivity index (χ2n) is 4.68. The molecule has 0 aliphatic carbocycles. The summed E-state index contributed by atoms with van der Waals surface area (Å²) in [5.41, 5.74) is 1.25. The van der Waals surface area contributed by atoms with Gasteiger partial charge in [-0.25, -0.2) is 8.78 Å². The molecule has 0 bridgehead atoms. The third-order valence-corrected chi connectivity index (χ3v) is 4.20. The van der Waals surface area contributed by atoms with Crippen LogP contribution in [-0.2, 0) is 6.42 Å². The van der Waals surface area contributed by atoms with Gasteiger partial charge in [0, 0.05) is 17.2 Å². The van der Waals surface area contributed by atoms with Crippen molar-refractivity contribution in [1.82, 2.24) is 0 Å². The number of thiophene rings is 1. The van der Waals surface area contributed by atoms with Crippen molar-refractivity contribution >= 4 is 21.4 Å². The van der Waals surface area contributed by atoms with E-state index in [1.165, 1.54) is 12.1 Å². The molecule has 0 aliphatic heterocycles. The van der Waals surface area contributed by atoms with Crippen molar-refractivity contribution in [2.75, 3.05) is 0 Å². The number of hydrogen-bond acceptors (Lipinski definition) is 2. The highest BCUT2D eigenvalue weighted by Crippen LogP contribution is 2.31. The van der Waals surface area contributed by atoms with E-state index < -0.39 is 17.7 Å². The third kappa shape index (κ3) is 2.57. The monoisotopic (exact) mass is 290 g/mol. The van der Waals surface area contributed by atoms with Gasteiger partial charge in [-0.2, -0.15) is 0 Å². The van der Waals surface area contributed by atoms with Gasteiger partial charge in [0.15, 0.2) is 0 Å². The lowest BCUT2D eigenvalue weighted by Crippen LogP contribution is -2.02. The molecule has 0 fully saturated rings. The summed E-state index contributed by atoms with van der Waals surface area (Å²) in [5.74, 6) is -1.25. The molecule has 3 rings (SSSR count). The zero-order valence-electron chi connectivity index (χ0n) is 10.5. The Morgan fingerprint density at radius 2 is 1.75 bits per heavy atom. The molecule has 3 aromatic rings. The molecule has 1 aromatic heterocycles. The maximum atomic E-state index is 13.2. The Morgan fingerprint density at radius 1 is 1.05 bits per heavy atom. The molecule has 0 saturated heterocycles. The fraction of sp³-hybridized carbons (Fsp3) is 0.125. The van der Waals surface area contributed by atoms with Crippen LogP contribution in [0.5, 0.6) is 0 Å². The quantitative estimate of drug-likeness (QED) is 0.755. The molecule has 20 heavy (non-hydrogen) atoms. The summed E-state index contributed by atoms with van der Waals surface area (Å²) in [6.07, 6.45) is -0.581. The minimum absolute atomic E-state index is 0.190. The molecule has 0 radical (unpaired) electrons. The number of rotatable bonds is 3. The van der Waals surface area contributed by atoms with E-state index in [2.05, 4.69) is 0 Å². The Bertz CT molecular complexity index is 731. The van der Waals surface area contributed by atoms with Crippen LogP contribution in [0.1, 0.15) is 17.2 Å². The van der Waals surface area contributed by atoms with Crippen molar-refractivity contribution in [3.63, 3.8) is 0 Å². The Hall–Kier alpha value is -1.78. The lowest BCUT2D eigenvalue weighted by atomic mass is 10.0. The highest BCUT2D eigenvalue weighted by molar-refractivity contribution is 7.17. The number of fused-ring (bicyclic) bond motifs is 1. The SMILES string of the molecule is OC(Cc1cc(F)cc(F)c1)c1csc2ccccc12. The highest BCUT2D eigenvalue weighted by atomic mass is 32.1. The minimum Gasteiger partial charge on any atom is -0.388 e. The van der Waals surface area contributed by atoms with Gasteiger partial charge < -0.3 is 5.11 Å². The number of hydrogen-bond donors (Lipinski definition) is 1. The number of benzene rings is 2. The number of aliphatic hydroxyl groups excluding tert-OH is 1. The molecule has 4 heteroatoms. The summed E-state index contributed by atoms with van der Waals surface area (Å²) < 4.78 is 27.4. The Kier molecular flexibility index (Phi) is 3.51. The van der Waals surface area contributed by atoms with Crippen LogP contribution in [-0.4, -0.2) is 5.11 Å². The number of aliphatic hydroxyl groups is 1. The van der Waals surface area contributed by atoms with Gasteiger partial charge in [-0.15, -0.1) is 11.3 Å². The molecule has 1 heterocycles. The summed E-state index contributed by atoms with van der Waals surface area (Å²) in [6, 6.07) is 11.1. The van der Waals surface area contributed by atoms with Gasteiger partial charge >= 0.3 is 0 Å². The Balaban J connectivity index is 1.91.